The van der Waals surface area contributed by atoms with Crippen LogP contribution in [0.15, 0.2) is 0 Å². The second-order valence-corrected chi connectivity index (χ2v) is 6.51. The first-order valence-electron chi connectivity index (χ1n) is 5.65. The normalized spacial score (nSPS) is 23.2. The van der Waals surface area contributed by atoms with Gasteiger partial charge in [0.25, 0.3) is 0 Å². The third-order valence-electron chi connectivity index (χ3n) is 2.75. The minimum atomic E-state index is -2.83. The molecular formula is C10H20N2O3S. The van der Waals surface area contributed by atoms with Crippen molar-refractivity contribution >= 4 is 15.7 Å². The quantitative estimate of drug-likeness (QED) is 0.624. The van der Waals surface area contributed by atoms with Crippen molar-refractivity contribution in [3.63, 3.8) is 0 Å². The molecule has 1 aliphatic rings. The lowest BCUT2D eigenvalue weighted by Crippen LogP contribution is -2.30. The molecule has 1 atom stereocenters. The van der Waals surface area contributed by atoms with Gasteiger partial charge in [-0.3, -0.25) is 4.79 Å². The molecule has 1 rings (SSSR count). The van der Waals surface area contributed by atoms with Crippen LogP contribution in [0.4, 0.5) is 0 Å². The highest BCUT2D eigenvalue weighted by molar-refractivity contribution is 7.91. The third-order valence-corrected chi connectivity index (χ3v) is 4.58. The Labute approximate surface area is 96.9 Å². The van der Waals surface area contributed by atoms with Crippen LogP contribution in [0.2, 0.25) is 0 Å². The summed E-state index contributed by atoms with van der Waals surface area (Å²) in [6, 6.07) is 0. The highest BCUT2D eigenvalue weighted by atomic mass is 32.2. The first kappa shape index (κ1) is 13.4. The number of amides is 1. The van der Waals surface area contributed by atoms with Crippen molar-refractivity contribution in [1.29, 1.82) is 0 Å². The van der Waals surface area contributed by atoms with Gasteiger partial charge in [0.2, 0.25) is 5.91 Å². The average molecular weight is 248 g/mol. The number of hydrogen-bond donors (Lipinski definition) is 2. The van der Waals surface area contributed by atoms with Crippen molar-refractivity contribution < 1.29 is 13.2 Å². The summed E-state index contributed by atoms with van der Waals surface area (Å²) in [5.74, 6) is 0.620. The van der Waals surface area contributed by atoms with Crippen molar-refractivity contribution in [1.82, 2.24) is 10.6 Å². The maximum absolute atomic E-state index is 11.3. The Morgan fingerprint density at radius 1 is 1.44 bits per heavy atom. The van der Waals surface area contributed by atoms with Crippen LogP contribution in [0.5, 0.6) is 0 Å². The van der Waals surface area contributed by atoms with E-state index in [1.165, 1.54) is 0 Å². The van der Waals surface area contributed by atoms with E-state index >= 15 is 0 Å². The van der Waals surface area contributed by atoms with Crippen molar-refractivity contribution in [2.45, 2.75) is 19.3 Å². The molecule has 0 aliphatic carbocycles. The van der Waals surface area contributed by atoms with Crippen molar-refractivity contribution in [2.24, 2.45) is 5.92 Å². The summed E-state index contributed by atoms with van der Waals surface area (Å²) in [7, 11) is -0.977. The van der Waals surface area contributed by atoms with Gasteiger partial charge in [-0.05, 0) is 32.4 Å². The second-order valence-electron chi connectivity index (χ2n) is 4.28. The van der Waals surface area contributed by atoms with E-state index in [0.29, 0.717) is 19.4 Å². The molecule has 0 saturated carbocycles. The highest BCUT2D eigenvalue weighted by Gasteiger charge is 2.27. The summed E-state index contributed by atoms with van der Waals surface area (Å²) in [4.78, 5) is 11.3. The van der Waals surface area contributed by atoms with Gasteiger partial charge in [-0.25, -0.2) is 8.42 Å². The van der Waals surface area contributed by atoms with Crippen LogP contribution in [0.3, 0.4) is 0 Å². The van der Waals surface area contributed by atoms with E-state index in [-0.39, 0.29) is 23.3 Å². The lowest BCUT2D eigenvalue weighted by molar-refractivity contribution is -0.121. The SMILES string of the molecule is CNCCCC(=O)NCC1CCS(=O)(=O)C1. The molecule has 0 spiro atoms. The zero-order valence-corrected chi connectivity index (χ0v) is 10.5. The van der Waals surface area contributed by atoms with Gasteiger partial charge in [-0.15, -0.1) is 0 Å². The summed E-state index contributed by atoms with van der Waals surface area (Å²) < 4.78 is 22.4. The fourth-order valence-electron chi connectivity index (χ4n) is 1.81. The summed E-state index contributed by atoms with van der Waals surface area (Å²) in [5, 5.41) is 5.76. The molecule has 2 N–H and O–H groups in total. The standard InChI is InChI=1S/C10H20N2O3S/c1-11-5-2-3-10(13)12-7-9-4-6-16(14,15)8-9/h9,11H,2-8H2,1H3,(H,12,13). The number of rotatable bonds is 6. The molecule has 16 heavy (non-hydrogen) atoms. The highest BCUT2D eigenvalue weighted by Crippen LogP contribution is 2.17. The summed E-state index contributed by atoms with van der Waals surface area (Å²) in [6.45, 7) is 1.32. The zero-order chi connectivity index (χ0) is 12.0. The number of hydrogen-bond acceptors (Lipinski definition) is 4. The second kappa shape index (κ2) is 6.20. The smallest absolute Gasteiger partial charge is 0.220 e. The van der Waals surface area contributed by atoms with Gasteiger partial charge >= 0.3 is 0 Å². The molecule has 0 bridgehead atoms. The fourth-order valence-corrected chi connectivity index (χ4v) is 3.67. The molecule has 0 aromatic carbocycles. The Balaban J connectivity index is 2.13. The number of carbonyl (C=O) groups excluding carboxylic acids is 1. The van der Waals surface area contributed by atoms with Crippen LogP contribution >= 0.6 is 0 Å². The van der Waals surface area contributed by atoms with Crippen LogP contribution in [0.1, 0.15) is 19.3 Å². The summed E-state index contributed by atoms with van der Waals surface area (Å²) in [6.07, 6.45) is 1.99. The molecule has 1 saturated heterocycles. The largest absolute Gasteiger partial charge is 0.356 e. The van der Waals surface area contributed by atoms with Crippen molar-refractivity contribution in [3.8, 4) is 0 Å². The van der Waals surface area contributed by atoms with E-state index in [0.717, 1.165) is 13.0 Å². The molecule has 94 valence electrons. The van der Waals surface area contributed by atoms with Gasteiger partial charge in [-0.1, -0.05) is 0 Å². The van der Waals surface area contributed by atoms with E-state index in [1.807, 2.05) is 7.05 Å². The Morgan fingerprint density at radius 2 is 2.19 bits per heavy atom. The maximum Gasteiger partial charge on any atom is 0.220 e. The number of nitrogens with one attached hydrogen (secondary N) is 2. The Kier molecular flexibility index (Phi) is 5.21. The van der Waals surface area contributed by atoms with Crippen molar-refractivity contribution in [2.75, 3.05) is 31.6 Å². The van der Waals surface area contributed by atoms with Gasteiger partial charge in [0, 0.05) is 13.0 Å². The van der Waals surface area contributed by atoms with Gasteiger partial charge < -0.3 is 10.6 Å². The number of sulfone groups is 1. The van der Waals surface area contributed by atoms with Crippen LogP contribution in [-0.4, -0.2) is 46.0 Å². The molecule has 1 amide bonds. The zero-order valence-electron chi connectivity index (χ0n) is 9.66. The first-order valence-corrected chi connectivity index (χ1v) is 7.47. The Hall–Kier alpha value is -0.620. The molecule has 1 heterocycles. The molecule has 1 unspecified atom stereocenters. The molecule has 6 heteroatoms. The minimum absolute atomic E-state index is 0.0135. The van der Waals surface area contributed by atoms with Crippen LogP contribution in [0.25, 0.3) is 0 Å². The Bertz CT molecular complexity index is 327. The number of carbonyl (C=O) groups is 1. The van der Waals surface area contributed by atoms with E-state index in [2.05, 4.69) is 10.6 Å². The minimum Gasteiger partial charge on any atom is -0.356 e. The van der Waals surface area contributed by atoms with Gasteiger partial charge in [0.05, 0.1) is 11.5 Å². The molecule has 0 aromatic rings. The van der Waals surface area contributed by atoms with Crippen LogP contribution in [-0.2, 0) is 14.6 Å². The van der Waals surface area contributed by atoms with Gasteiger partial charge in [0.1, 0.15) is 0 Å². The average Bonchev–Trinajstić information content (AvgIpc) is 2.56. The molecule has 0 aromatic heterocycles. The molecular weight excluding hydrogens is 228 g/mol. The van der Waals surface area contributed by atoms with Crippen molar-refractivity contribution in [3.05, 3.63) is 0 Å². The fraction of sp³-hybridized carbons (Fsp3) is 0.900. The molecule has 0 radical (unpaired) electrons. The monoisotopic (exact) mass is 248 g/mol. The van der Waals surface area contributed by atoms with E-state index in [4.69, 9.17) is 0 Å². The summed E-state index contributed by atoms with van der Waals surface area (Å²) >= 11 is 0. The van der Waals surface area contributed by atoms with Gasteiger partial charge in [-0.2, -0.15) is 0 Å². The van der Waals surface area contributed by atoms with E-state index in [1.54, 1.807) is 0 Å². The van der Waals surface area contributed by atoms with Crippen LogP contribution in [0, 0.1) is 5.92 Å². The predicted octanol–water partition coefficient (Wildman–Crippen LogP) is -0.463. The Morgan fingerprint density at radius 3 is 2.75 bits per heavy atom. The molecule has 5 nitrogen and oxygen atoms in total. The summed E-state index contributed by atoms with van der Waals surface area (Å²) in [5.41, 5.74) is 0. The lowest BCUT2D eigenvalue weighted by atomic mass is 10.1. The predicted molar refractivity (Wildman–Crippen MR) is 62.9 cm³/mol. The third kappa shape index (κ3) is 4.94. The van der Waals surface area contributed by atoms with Crippen LogP contribution < -0.4 is 10.6 Å². The van der Waals surface area contributed by atoms with E-state index < -0.39 is 9.84 Å². The lowest BCUT2D eigenvalue weighted by Gasteiger charge is -2.09. The van der Waals surface area contributed by atoms with E-state index in [9.17, 15) is 13.2 Å². The first-order chi connectivity index (χ1) is 7.53. The molecule has 1 aliphatic heterocycles. The topological polar surface area (TPSA) is 75.3 Å². The molecule has 1 fully saturated rings. The maximum atomic E-state index is 11.3. The van der Waals surface area contributed by atoms with Gasteiger partial charge in [0.15, 0.2) is 9.84 Å².